The lowest BCUT2D eigenvalue weighted by molar-refractivity contribution is -0.140. The molecule has 6 heteroatoms. The molecule has 0 spiro atoms. The zero-order valence-electron chi connectivity index (χ0n) is 10.1. The summed E-state index contributed by atoms with van der Waals surface area (Å²) >= 11 is 0. The molecule has 0 N–H and O–H groups in total. The van der Waals surface area contributed by atoms with E-state index in [1.165, 1.54) is 0 Å². The summed E-state index contributed by atoms with van der Waals surface area (Å²) in [5.41, 5.74) is 0.244. The minimum atomic E-state index is -4.68. The quantitative estimate of drug-likeness (QED) is 0.666. The van der Waals surface area contributed by atoms with Crippen LogP contribution in [0.5, 0.6) is 0 Å². The number of fused-ring (bicyclic) bond motifs is 3. The lowest BCUT2D eigenvalue weighted by atomic mass is 10.0. The Bertz CT molecular complexity index is 564. The van der Waals surface area contributed by atoms with Gasteiger partial charge in [0.15, 0.2) is 0 Å². The molecule has 19 heavy (non-hydrogen) atoms. The van der Waals surface area contributed by atoms with Crippen LogP contribution in [-0.2, 0) is 17.3 Å². The van der Waals surface area contributed by atoms with Gasteiger partial charge in [0.2, 0.25) is 0 Å². The maximum Gasteiger partial charge on any atom is 0.419 e. The zero-order valence-corrected chi connectivity index (χ0v) is 10.1. The van der Waals surface area contributed by atoms with Crippen molar-refractivity contribution >= 4 is 5.71 Å². The van der Waals surface area contributed by atoms with E-state index in [2.05, 4.69) is 4.99 Å². The average molecular weight is 273 g/mol. The fourth-order valence-corrected chi connectivity index (χ4v) is 2.56. The third-order valence-electron chi connectivity index (χ3n) is 3.40. The van der Waals surface area contributed by atoms with Crippen molar-refractivity contribution in [2.45, 2.75) is 31.7 Å². The van der Waals surface area contributed by atoms with Crippen molar-refractivity contribution in [1.82, 2.24) is 0 Å². The standard InChI is InChI=1S/C13H11F4NO/c1-6-5-18-12-8-4-10(14)9(13(15,16)17)2-7(8)3-11(12)19-6/h2,4,6,11H,3,5H2,1H3/t6-,11+/m0/s1. The van der Waals surface area contributed by atoms with Crippen molar-refractivity contribution in [3.05, 3.63) is 34.6 Å². The van der Waals surface area contributed by atoms with E-state index < -0.39 is 17.6 Å². The predicted molar refractivity (Wildman–Crippen MR) is 60.8 cm³/mol. The molecule has 0 saturated heterocycles. The number of benzene rings is 1. The molecule has 2 nitrogen and oxygen atoms in total. The van der Waals surface area contributed by atoms with Gasteiger partial charge in [0, 0.05) is 12.0 Å². The lowest BCUT2D eigenvalue weighted by Crippen LogP contribution is -2.32. The summed E-state index contributed by atoms with van der Waals surface area (Å²) < 4.78 is 57.1. The van der Waals surface area contributed by atoms with Crippen LogP contribution in [0, 0.1) is 5.82 Å². The first-order valence-electron chi connectivity index (χ1n) is 5.96. The van der Waals surface area contributed by atoms with Crippen LogP contribution in [0.1, 0.15) is 23.6 Å². The third kappa shape index (κ3) is 2.04. The van der Waals surface area contributed by atoms with E-state index in [1.807, 2.05) is 6.92 Å². The third-order valence-corrected chi connectivity index (χ3v) is 3.40. The Morgan fingerprint density at radius 1 is 1.32 bits per heavy atom. The maximum atomic E-state index is 13.6. The van der Waals surface area contributed by atoms with Gasteiger partial charge in [-0.25, -0.2) is 4.39 Å². The van der Waals surface area contributed by atoms with Gasteiger partial charge in [0.1, 0.15) is 11.9 Å². The monoisotopic (exact) mass is 273 g/mol. The van der Waals surface area contributed by atoms with Crippen molar-refractivity contribution < 1.29 is 22.3 Å². The van der Waals surface area contributed by atoms with E-state index in [9.17, 15) is 17.6 Å². The Labute approximate surface area is 107 Å². The Kier molecular flexibility index (Phi) is 2.67. The Morgan fingerprint density at radius 3 is 2.74 bits per heavy atom. The topological polar surface area (TPSA) is 21.6 Å². The fourth-order valence-electron chi connectivity index (χ4n) is 2.56. The highest BCUT2D eigenvalue weighted by Gasteiger charge is 2.39. The van der Waals surface area contributed by atoms with Crippen LogP contribution in [0.3, 0.4) is 0 Å². The number of rotatable bonds is 0. The highest BCUT2D eigenvalue weighted by atomic mass is 19.4. The smallest absolute Gasteiger partial charge is 0.367 e. The molecule has 0 amide bonds. The molecule has 0 aromatic heterocycles. The molecule has 1 aromatic rings. The van der Waals surface area contributed by atoms with E-state index in [0.717, 1.165) is 12.1 Å². The second-order valence-corrected chi connectivity index (χ2v) is 4.85. The Morgan fingerprint density at radius 2 is 2.05 bits per heavy atom. The molecule has 0 unspecified atom stereocenters. The van der Waals surface area contributed by atoms with Gasteiger partial charge in [-0.05, 0) is 24.6 Å². The second-order valence-electron chi connectivity index (χ2n) is 4.85. The molecular formula is C13H11F4NO. The molecule has 0 saturated carbocycles. The first-order valence-corrected chi connectivity index (χ1v) is 5.96. The lowest BCUT2D eigenvalue weighted by Gasteiger charge is -2.23. The minimum absolute atomic E-state index is 0.0602. The van der Waals surface area contributed by atoms with E-state index in [-0.39, 0.29) is 12.2 Å². The molecule has 0 bridgehead atoms. The molecule has 1 aromatic carbocycles. The van der Waals surface area contributed by atoms with Crippen LogP contribution in [-0.4, -0.2) is 24.5 Å². The normalized spacial score (nSPS) is 25.8. The van der Waals surface area contributed by atoms with Gasteiger partial charge in [0.25, 0.3) is 0 Å². The van der Waals surface area contributed by atoms with Crippen LogP contribution in [0.4, 0.5) is 17.6 Å². The Hall–Kier alpha value is -1.43. The summed E-state index contributed by atoms with van der Waals surface area (Å²) in [5.74, 6) is -1.26. The van der Waals surface area contributed by atoms with Gasteiger partial charge in [0.05, 0.1) is 23.9 Å². The van der Waals surface area contributed by atoms with Gasteiger partial charge in [-0.2, -0.15) is 13.2 Å². The van der Waals surface area contributed by atoms with Gasteiger partial charge in [-0.3, -0.25) is 4.99 Å². The Balaban J connectivity index is 2.07. The molecule has 1 aliphatic heterocycles. The minimum Gasteiger partial charge on any atom is -0.367 e. The molecule has 102 valence electrons. The molecule has 0 fully saturated rings. The summed E-state index contributed by atoms with van der Waals surface area (Å²) in [5, 5.41) is 0. The molecular weight excluding hydrogens is 262 g/mol. The van der Waals surface area contributed by atoms with Crippen molar-refractivity contribution in [3.63, 3.8) is 0 Å². The van der Waals surface area contributed by atoms with E-state index in [1.54, 1.807) is 0 Å². The number of nitrogens with zero attached hydrogens (tertiary/aromatic N) is 1. The summed E-state index contributed by atoms with van der Waals surface area (Å²) in [6, 6.07) is 1.80. The van der Waals surface area contributed by atoms with Crippen LogP contribution in [0.15, 0.2) is 17.1 Å². The van der Waals surface area contributed by atoms with Gasteiger partial charge in [-0.1, -0.05) is 0 Å². The van der Waals surface area contributed by atoms with Crippen molar-refractivity contribution in [2.75, 3.05) is 6.54 Å². The number of hydrogen-bond acceptors (Lipinski definition) is 2. The number of halogens is 4. The van der Waals surface area contributed by atoms with Crippen molar-refractivity contribution in [1.29, 1.82) is 0 Å². The van der Waals surface area contributed by atoms with Crippen LogP contribution in [0.25, 0.3) is 0 Å². The highest BCUT2D eigenvalue weighted by molar-refractivity contribution is 6.08. The highest BCUT2D eigenvalue weighted by Crippen LogP contribution is 2.36. The van der Waals surface area contributed by atoms with Crippen LogP contribution in [0.2, 0.25) is 0 Å². The summed E-state index contributed by atoms with van der Waals surface area (Å²) in [6.45, 7) is 2.30. The predicted octanol–water partition coefficient (Wildman–Crippen LogP) is 2.98. The van der Waals surface area contributed by atoms with Crippen molar-refractivity contribution in [3.8, 4) is 0 Å². The van der Waals surface area contributed by atoms with Gasteiger partial charge >= 0.3 is 6.18 Å². The summed E-state index contributed by atoms with van der Waals surface area (Å²) in [6.07, 6.45) is -4.76. The number of aliphatic imine (C=N–C) groups is 1. The number of hydrogen-bond donors (Lipinski definition) is 0. The summed E-state index contributed by atoms with van der Waals surface area (Å²) in [4.78, 5) is 4.29. The average Bonchev–Trinajstić information content (AvgIpc) is 2.63. The molecule has 3 rings (SSSR count). The van der Waals surface area contributed by atoms with E-state index in [0.29, 0.717) is 29.8 Å². The zero-order chi connectivity index (χ0) is 13.8. The van der Waals surface area contributed by atoms with Crippen molar-refractivity contribution in [2.24, 2.45) is 4.99 Å². The first-order chi connectivity index (χ1) is 8.86. The maximum absolute atomic E-state index is 13.6. The molecule has 2 atom stereocenters. The fraction of sp³-hybridized carbons (Fsp3) is 0.462. The number of ether oxygens (including phenoxy) is 1. The van der Waals surface area contributed by atoms with Crippen LogP contribution >= 0.6 is 0 Å². The van der Waals surface area contributed by atoms with E-state index >= 15 is 0 Å². The van der Waals surface area contributed by atoms with E-state index in [4.69, 9.17) is 4.74 Å². The SMILES string of the molecule is C[C@H]1CN=C2c3cc(F)c(C(F)(F)F)cc3C[C@H]2O1. The molecule has 2 aliphatic rings. The molecule has 0 radical (unpaired) electrons. The second kappa shape index (κ2) is 4.03. The van der Waals surface area contributed by atoms with Gasteiger partial charge < -0.3 is 4.74 Å². The first kappa shape index (κ1) is 12.6. The molecule has 1 heterocycles. The molecule has 1 aliphatic carbocycles. The van der Waals surface area contributed by atoms with Crippen LogP contribution < -0.4 is 0 Å². The largest absolute Gasteiger partial charge is 0.419 e. The van der Waals surface area contributed by atoms with Gasteiger partial charge in [-0.15, -0.1) is 0 Å². The number of alkyl halides is 3. The summed E-state index contributed by atoms with van der Waals surface area (Å²) in [7, 11) is 0.